The lowest BCUT2D eigenvalue weighted by Crippen LogP contribution is -2.39. The van der Waals surface area contributed by atoms with Crippen molar-refractivity contribution < 1.29 is 9.90 Å². The summed E-state index contributed by atoms with van der Waals surface area (Å²) in [5.41, 5.74) is 0.877. The standard InChI is InChI=1S/C16H24N2O2/c19-15(14-8-4-3-5-9-14)12-17-13-16(20)18-10-6-1-2-7-11-18/h3-5,8-9,15,17,19H,1-2,6-7,10-13H2. The molecule has 0 radical (unpaired) electrons. The molecule has 1 aliphatic heterocycles. The largest absolute Gasteiger partial charge is 0.387 e. The molecule has 4 heteroatoms. The molecule has 1 aromatic carbocycles. The number of nitrogens with zero attached hydrogens (tertiary/aromatic N) is 1. The molecule has 1 saturated heterocycles. The zero-order valence-corrected chi connectivity index (χ0v) is 11.9. The summed E-state index contributed by atoms with van der Waals surface area (Å²) in [5, 5.41) is 13.1. The molecule has 4 nitrogen and oxygen atoms in total. The lowest BCUT2D eigenvalue weighted by molar-refractivity contribution is -0.130. The Labute approximate surface area is 120 Å². The van der Waals surface area contributed by atoms with Gasteiger partial charge < -0.3 is 15.3 Å². The van der Waals surface area contributed by atoms with E-state index in [1.165, 1.54) is 12.8 Å². The fraction of sp³-hybridized carbons (Fsp3) is 0.562. The summed E-state index contributed by atoms with van der Waals surface area (Å²) >= 11 is 0. The van der Waals surface area contributed by atoms with Gasteiger partial charge in [0.25, 0.3) is 0 Å². The van der Waals surface area contributed by atoms with Gasteiger partial charge in [-0.05, 0) is 18.4 Å². The molecule has 2 N–H and O–H groups in total. The summed E-state index contributed by atoms with van der Waals surface area (Å²) in [6.45, 7) is 2.47. The van der Waals surface area contributed by atoms with Crippen LogP contribution in [0.2, 0.25) is 0 Å². The van der Waals surface area contributed by atoms with Crippen molar-refractivity contribution in [2.45, 2.75) is 31.8 Å². The Kier molecular flexibility index (Phi) is 6.02. The number of nitrogens with one attached hydrogen (secondary N) is 1. The van der Waals surface area contributed by atoms with Crippen molar-refractivity contribution in [3.8, 4) is 0 Å². The fourth-order valence-electron chi connectivity index (χ4n) is 2.54. The average molecular weight is 276 g/mol. The van der Waals surface area contributed by atoms with Gasteiger partial charge in [0, 0.05) is 19.6 Å². The van der Waals surface area contributed by atoms with E-state index in [0.29, 0.717) is 13.1 Å². The monoisotopic (exact) mass is 276 g/mol. The maximum atomic E-state index is 12.1. The smallest absolute Gasteiger partial charge is 0.236 e. The first-order valence-electron chi connectivity index (χ1n) is 7.49. The number of aliphatic hydroxyl groups excluding tert-OH is 1. The Bertz CT molecular complexity index is 400. The second-order valence-corrected chi connectivity index (χ2v) is 5.35. The highest BCUT2D eigenvalue weighted by Crippen LogP contribution is 2.11. The number of aliphatic hydroxyl groups is 1. The van der Waals surface area contributed by atoms with Gasteiger partial charge in [-0.15, -0.1) is 0 Å². The number of likely N-dealkylation sites (tertiary alicyclic amines) is 1. The zero-order valence-electron chi connectivity index (χ0n) is 11.9. The second-order valence-electron chi connectivity index (χ2n) is 5.35. The van der Waals surface area contributed by atoms with Crippen molar-refractivity contribution in [1.29, 1.82) is 0 Å². The molecule has 110 valence electrons. The maximum Gasteiger partial charge on any atom is 0.236 e. The second kappa shape index (κ2) is 8.02. The minimum Gasteiger partial charge on any atom is -0.387 e. The van der Waals surface area contributed by atoms with Crippen LogP contribution in [0.3, 0.4) is 0 Å². The molecule has 1 fully saturated rings. The molecule has 0 aliphatic carbocycles. The molecular weight excluding hydrogens is 252 g/mol. The van der Waals surface area contributed by atoms with Crippen molar-refractivity contribution in [1.82, 2.24) is 10.2 Å². The van der Waals surface area contributed by atoms with E-state index < -0.39 is 6.10 Å². The Morgan fingerprint density at radius 3 is 2.45 bits per heavy atom. The predicted molar refractivity (Wildman–Crippen MR) is 79.3 cm³/mol. The normalized spacial score (nSPS) is 17.6. The summed E-state index contributed by atoms with van der Waals surface area (Å²) in [4.78, 5) is 14.0. The molecule has 1 heterocycles. The van der Waals surface area contributed by atoms with Crippen molar-refractivity contribution in [2.24, 2.45) is 0 Å². The van der Waals surface area contributed by atoms with Crippen LogP contribution in [0, 0.1) is 0 Å². The first kappa shape index (κ1) is 15.0. The lowest BCUT2D eigenvalue weighted by atomic mass is 10.1. The van der Waals surface area contributed by atoms with E-state index in [4.69, 9.17) is 0 Å². The first-order valence-corrected chi connectivity index (χ1v) is 7.49. The molecule has 2 rings (SSSR count). The third-order valence-corrected chi connectivity index (χ3v) is 3.76. The highest BCUT2D eigenvalue weighted by Gasteiger charge is 2.15. The Balaban J connectivity index is 1.71. The van der Waals surface area contributed by atoms with Crippen LogP contribution in [0.4, 0.5) is 0 Å². The summed E-state index contributed by atoms with van der Waals surface area (Å²) in [7, 11) is 0. The van der Waals surface area contributed by atoms with Crippen LogP contribution >= 0.6 is 0 Å². The number of carbonyl (C=O) groups excluding carboxylic acids is 1. The Hall–Kier alpha value is -1.39. The lowest BCUT2D eigenvalue weighted by Gasteiger charge is -2.21. The fourth-order valence-corrected chi connectivity index (χ4v) is 2.54. The molecule has 1 atom stereocenters. The molecule has 1 aromatic rings. The molecular formula is C16H24N2O2. The van der Waals surface area contributed by atoms with Gasteiger partial charge in [-0.2, -0.15) is 0 Å². The molecule has 0 spiro atoms. The van der Waals surface area contributed by atoms with Gasteiger partial charge in [-0.3, -0.25) is 4.79 Å². The average Bonchev–Trinajstić information content (AvgIpc) is 2.77. The van der Waals surface area contributed by atoms with Gasteiger partial charge in [0.1, 0.15) is 0 Å². The van der Waals surface area contributed by atoms with Gasteiger partial charge >= 0.3 is 0 Å². The minimum atomic E-state index is -0.562. The van der Waals surface area contributed by atoms with E-state index in [0.717, 1.165) is 31.5 Å². The van der Waals surface area contributed by atoms with E-state index in [1.807, 2.05) is 35.2 Å². The number of benzene rings is 1. The number of hydrogen-bond acceptors (Lipinski definition) is 3. The van der Waals surface area contributed by atoms with Crippen molar-refractivity contribution in [3.63, 3.8) is 0 Å². The van der Waals surface area contributed by atoms with Crippen LogP contribution in [-0.2, 0) is 4.79 Å². The summed E-state index contributed by atoms with van der Waals surface area (Å²) < 4.78 is 0. The number of hydrogen-bond donors (Lipinski definition) is 2. The van der Waals surface area contributed by atoms with Crippen molar-refractivity contribution in [3.05, 3.63) is 35.9 Å². The maximum absolute atomic E-state index is 12.1. The van der Waals surface area contributed by atoms with Crippen LogP contribution in [-0.4, -0.2) is 42.1 Å². The molecule has 20 heavy (non-hydrogen) atoms. The quantitative estimate of drug-likeness (QED) is 0.861. The topological polar surface area (TPSA) is 52.6 Å². The van der Waals surface area contributed by atoms with Crippen molar-refractivity contribution in [2.75, 3.05) is 26.2 Å². The number of carbonyl (C=O) groups is 1. The summed E-state index contributed by atoms with van der Waals surface area (Å²) in [6, 6.07) is 9.51. The number of amides is 1. The first-order chi connectivity index (χ1) is 9.77. The van der Waals surface area contributed by atoms with Gasteiger partial charge in [-0.25, -0.2) is 0 Å². The van der Waals surface area contributed by atoms with Crippen LogP contribution in [0.25, 0.3) is 0 Å². The van der Waals surface area contributed by atoms with Gasteiger partial charge in [0.05, 0.1) is 12.6 Å². The Morgan fingerprint density at radius 1 is 1.15 bits per heavy atom. The van der Waals surface area contributed by atoms with Gasteiger partial charge in [0.15, 0.2) is 0 Å². The van der Waals surface area contributed by atoms with E-state index in [2.05, 4.69) is 5.32 Å². The van der Waals surface area contributed by atoms with Crippen molar-refractivity contribution >= 4 is 5.91 Å². The van der Waals surface area contributed by atoms with Gasteiger partial charge in [-0.1, -0.05) is 43.2 Å². The Morgan fingerprint density at radius 2 is 1.80 bits per heavy atom. The van der Waals surface area contributed by atoms with Crippen LogP contribution < -0.4 is 5.32 Å². The SMILES string of the molecule is O=C(CNCC(O)c1ccccc1)N1CCCCCC1. The molecule has 0 bridgehead atoms. The minimum absolute atomic E-state index is 0.146. The highest BCUT2D eigenvalue weighted by atomic mass is 16.3. The zero-order chi connectivity index (χ0) is 14.2. The number of rotatable bonds is 5. The molecule has 1 aliphatic rings. The molecule has 1 unspecified atom stereocenters. The van der Waals surface area contributed by atoms with E-state index >= 15 is 0 Å². The van der Waals surface area contributed by atoms with E-state index in [1.54, 1.807) is 0 Å². The van der Waals surface area contributed by atoms with Crippen LogP contribution in [0.5, 0.6) is 0 Å². The van der Waals surface area contributed by atoms with Crippen LogP contribution in [0.1, 0.15) is 37.4 Å². The predicted octanol–water partition coefficient (Wildman–Crippen LogP) is 1.71. The van der Waals surface area contributed by atoms with E-state index in [9.17, 15) is 9.90 Å². The van der Waals surface area contributed by atoms with Crippen LogP contribution in [0.15, 0.2) is 30.3 Å². The highest BCUT2D eigenvalue weighted by molar-refractivity contribution is 5.78. The molecule has 0 aromatic heterocycles. The summed E-state index contributed by atoms with van der Waals surface area (Å²) in [5.74, 6) is 0.146. The molecule has 1 amide bonds. The summed E-state index contributed by atoms with van der Waals surface area (Å²) in [6.07, 6.45) is 4.11. The molecule has 0 saturated carbocycles. The third kappa shape index (κ3) is 4.62. The van der Waals surface area contributed by atoms with E-state index in [-0.39, 0.29) is 5.91 Å². The third-order valence-electron chi connectivity index (χ3n) is 3.76. The van der Waals surface area contributed by atoms with Gasteiger partial charge in [0.2, 0.25) is 5.91 Å².